The van der Waals surface area contributed by atoms with E-state index in [1.807, 2.05) is 4.90 Å². The van der Waals surface area contributed by atoms with Crippen LogP contribution >= 0.6 is 11.6 Å². The molecule has 1 amide bonds. The molecule has 2 atom stereocenters. The molecule has 2 unspecified atom stereocenters. The van der Waals surface area contributed by atoms with Gasteiger partial charge >= 0.3 is 0 Å². The Morgan fingerprint density at radius 3 is 2.90 bits per heavy atom. The van der Waals surface area contributed by atoms with Crippen molar-refractivity contribution in [3.8, 4) is 5.75 Å². The smallest absolute Gasteiger partial charge is 0.257 e. The number of phenols is 1. The van der Waals surface area contributed by atoms with E-state index < -0.39 is 0 Å². The minimum atomic E-state index is -0.0909. The first kappa shape index (κ1) is 14.7. The minimum absolute atomic E-state index is 0.0337. The summed E-state index contributed by atoms with van der Waals surface area (Å²) in [6.45, 7) is 2.63. The summed E-state index contributed by atoms with van der Waals surface area (Å²) in [6.07, 6.45) is 4.64. The standard InChI is InChI=1S/C16H21ClN2O2/c17-12-5-6-13(15(20)9-12)16(21)19-8-2-3-11(10-19)14-4-1-7-18-14/h5-6,9,11,14,18,20H,1-4,7-8,10H2. The third kappa shape index (κ3) is 3.16. The van der Waals surface area contributed by atoms with Gasteiger partial charge in [-0.1, -0.05) is 11.6 Å². The van der Waals surface area contributed by atoms with Gasteiger partial charge in [-0.2, -0.15) is 0 Å². The van der Waals surface area contributed by atoms with Gasteiger partial charge in [-0.05, 0) is 56.3 Å². The molecule has 4 nitrogen and oxygen atoms in total. The molecule has 0 spiro atoms. The van der Waals surface area contributed by atoms with Crippen LogP contribution < -0.4 is 5.32 Å². The van der Waals surface area contributed by atoms with Crippen LogP contribution in [0.2, 0.25) is 5.02 Å². The van der Waals surface area contributed by atoms with Crippen LogP contribution in [-0.2, 0) is 0 Å². The molecule has 2 aliphatic heterocycles. The monoisotopic (exact) mass is 308 g/mol. The first-order chi connectivity index (χ1) is 10.1. The highest BCUT2D eigenvalue weighted by atomic mass is 35.5. The largest absolute Gasteiger partial charge is 0.507 e. The number of halogens is 1. The predicted octanol–water partition coefficient (Wildman–Crippen LogP) is 2.65. The number of piperidine rings is 1. The average molecular weight is 309 g/mol. The highest BCUT2D eigenvalue weighted by Gasteiger charge is 2.31. The molecule has 0 bridgehead atoms. The van der Waals surface area contributed by atoms with Crippen LogP contribution in [0.15, 0.2) is 18.2 Å². The zero-order valence-corrected chi connectivity index (χ0v) is 12.8. The number of likely N-dealkylation sites (tertiary alicyclic amines) is 1. The predicted molar refractivity (Wildman–Crippen MR) is 82.8 cm³/mol. The van der Waals surface area contributed by atoms with Crippen molar-refractivity contribution in [2.24, 2.45) is 5.92 Å². The summed E-state index contributed by atoms with van der Waals surface area (Å²) in [5.41, 5.74) is 0.347. The molecular formula is C16H21ClN2O2. The van der Waals surface area contributed by atoms with E-state index in [2.05, 4.69) is 5.32 Å². The van der Waals surface area contributed by atoms with Gasteiger partial charge < -0.3 is 15.3 Å². The van der Waals surface area contributed by atoms with Gasteiger partial charge in [0.05, 0.1) is 5.56 Å². The van der Waals surface area contributed by atoms with E-state index in [0.29, 0.717) is 22.5 Å². The minimum Gasteiger partial charge on any atom is -0.507 e. The topological polar surface area (TPSA) is 52.6 Å². The molecule has 2 heterocycles. The molecule has 2 fully saturated rings. The lowest BCUT2D eigenvalue weighted by Gasteiger charge is -2.36. The summed E-state index contributed by atoms with van der Waals surface area (Å²) < 4.78 is 0. The summed E-state index contributed by atoms with van der Waals surface area (Å²) in [7, 11) is 0. The van der Waals surface area contributed by atoms with Crippen molar-refractivity contribution in [2.45, 2.75) is 31.7 Å². The van der Waals surface area contributed by atoms with Gasteiger partial charge in [0.25, 0.3) is 5.91 Å². The zero-order chi connectivity index (χ0) is 14.8. The van der Waals surface area contributed by atoms with Gasteiger partial charge in [0.2, 0.25) is 0 Å². The maximum Gasteiger partial charge on any atom is 0.257 e. The van der Waals surface area contributed by atoms with Gasteiger partial charge in [-0.25, -0.2) is 0 Å². The molecule has 1 aromatic rings. The van der Waals surface area contributed by atoms with Crippen molar-refractivity contribution in [2.75, 3.05) is 19.6 Å². The van der Waals surface area contributed by atoms with Crippen LogP contribution in [0.25, 0.3) is 0 Å². The van der Waals surface area contributed by atoms with Gasteiger partial charge in [0.15, 0.2) is 0 Å². The lowest BCUT2D eigenvalue weighted by atomic mass is 9.89. The maximum atomic E-state index is 12.6. The molecule has 2 aliphatic rings. The third-order valence-corrected chi connectivity index (χ3v) is 4.84. The molecular weight excluding hydrogens is 288 g/mol. The van der Waals surface area contributed by atoms with E-state index in [1.54, 1.807) is 12.1 Å². The Kier molecular flexibility index (Phi) is 4.36. The maximum absolute atomic E-state index is 12.6. The van der Waals surface area contributed by atoms with E-state index in [4.69, 9.17) is 11.6 Å². The Hall–Kier alpha value is -1.26. The number of amides is 1. The van der Waals surface area contributed by atoms with E-state index in [0.717, 1.165) is 26.1 Å². The highest BCUT2D eigenvalue weighted by molar-refractivity contribution is 6.30. The van der Waals surface area contributed by atoms with Gasteiger partial charge in [0, 0.05) is 24.2 Å². The van der Waals surface area contributed by atoms with Crippen molar-refractivity contribution in [1.82, 2.24) is 10.2 Å². The molecule has 114 valence electrons. The molecule has 5 heteroatoms. The molecule has 0 radical (unpaired) electrons. The molecule has 21 heavy (non-hydrogen) atoms. The number of phenolic OH excluding ortho intramolecular Hbond substituents is 1. The number of rotatable bonds is 2. The van der Waals surface area contributed by atoms with E-state index >= 15 is 0 Å². The van der Waals surface area contributed by atoms with E-state index in [-0.39, 0.29) is 11.7 Å². The van der Waals surface area contributed by atoms with Crippen molar-refractivity contribution in [3.05, 3.63) is 28.8 Å². The number of hydrogen-bond acceptors (Lipinski definition) is 3. The molecule has 1 aromatic carbocycles. The lowest BCUT2D eigenvalue weighted by molar-refractivity contribution is 0.0648. The Morgan fingerprint density at radius 1 is 1.33 bits per heavy atom. The number of carbonyl (C=O) groups excluding carboxylic acids is 1. The Morgan fingerprint density at radius 2 is 2.19 bits per heavy atom. The Bertz CT molecular complexity index is 529. The van der Waals surface area contributed by atoms with Crippen LogP contribution in [0.5, 0.6) is 5.75 Å². The first-order valence-electron chi connectivity index (χ1n) is 7.66. The van der Waals surface area contributed by atoms with Gasteiger partial charge in [-0.3, -0.25) is 4.79 Å². The highest BCUT2D eigenvalue weighted by Crippen LogP contribution is 2.28. The van der Waals surface area contributed by atoms with Gasteiger partial charge in [0.1, 0.15) is 5.75 Å². The van der Waals surface area contributed by atoms with Crippen molar-refractivity contribution < 1.29 is 9.90 Å². The molecule has 2 saturated heterocycles. The second kappa shape index (κ2) is 6.24. The summed E-state index contributed by atoms with van der Waals surface area (Å²) in [4.78, 5) is 14.5. The number of benzene rings is 1. The second-order valence-corrected chi connectivity index (χ2v) is 6.45. The van der Waals surface area contributed by atoms with E-state index in [9.17, 15) is 9.90 Å². The Balaban J connectivity index is 1.71. The van der Waals surface area contributed by atoms with Crippen LogP contribution in [0.4, 0.5) is 0 Å². The second-order valence-electron chi connectivity index (χ2n) is 6.02. The van der Waals surface area contributed by atoms with Crippen molar-refractivity contribution in [3.63, 3.8) is 0 Å². The number of aromatic hydroxyl groups is 1. The molecule has 2 N–H and O–H groups in total. The zero-order valence-electron chi connectivity index (χ0n) is 12.0. The fourth-order valence-corrected chi connectivity index (χ4v) is 3.66. The van der Waals surface area contributed by atoms with Crippen LogP contribution in [-0.4, -0.2) is 41.6 Å². The molecule has 0 aliphatic carbocycles. The number of nitrogens with one attached hydrogen (secondary N) is 1. The summed E-state index contributed by atoms with van der Waals surface area (Å²) in [5, 5.41) is 13.9. The molecule has 0 saturated carbocycles. The molecule has 0 aromatic heterocycles. The Labute approximate surface area is 130 Å². The SMILES string of the molecule is O=C(c1ccc(Cl)cc1O)N1CCCC(C2CCCN2)C1. The molecule has 3 rings (SSSR count). The van der Waals surface area contributed by atoms with Crippen molar-refractivity contribution >= 4 is 17.5 Å². The number of hydrogen-bond donors (Lipinski definition) is 2. The normalized spacial score (nSPS) is 26.0. The summed E-state index contributed by atoms with van der Waals surface area (Å²) >= 11 is 5.82. The quantitative estimate of drug-likeness (QED) is 0.883. The summed E-state index contributed by atoms with van der Waals surface area (Å²) in [5.74, 6) is 0.403. The number of carbonyl (C=O) groups is 1. The van der Waals surface area contributed by atoms with Crippen LogP contribution in [0.3, 0.4) is 0 Å². The van der Waals surface area contributed by atoms with E-state index in [1.165, 1.54) is 25.3 Å². The third-order valence-electron chi connectivity index (χ3n) is 4.60. The lowest BCUT2D eigenvalue weighted by Crippen LogP contribution is -2.45. The number of nitrogens with zero attached hydrogens (tertiary/aromatic N) is 1. The average Bonchev–Trinajstić information content (AvgIpc) is 3.01. The summed E-state index contributed by atoms with van der Waals surface area (Å²) in [6, 6.07) is 5.22. The fraction of sp³-hybridized carbons (Fsp3) is 0.562. The van der Waals surface area contributed by atoms with Crippen LogP contribution in [0.1, 0.15) is 36.0 Å². The van der Waals surface area contributed by atoms with Gasteiger partial charge in [-0.15, -0.1) is 0 Å². The fourth-order valence-electron chi connectivity index (χ4n) is 3.49. The van der Waals surface area contributed by atoms with Crippen molar-refractivity contribution in [1.29, 1.82) is 0 Å². The van der Waals surface area contributed by atoms with Crippen LogP contribution in [0, 0.1) is 5.92 Å². The first-order valence-corrected chi connectivity index (χ1v) is 8.04.